The Labute approximate surface area is 187 Å². The van der Waals surface area contributed by atoms with E-state index in [0.29, 0.717) is 55.6 Å². The molecule has 1 aromatic rings. The fourth-order valence-electron chi connectivity index (χ4n) is 4.63. The minimum Gasteiger partial charge on any atom is -0.476 e. The number of carbonyl (C=O) groups is 1. The van der Waals surface area contributed by atoms with E-state index in [1.54, 1.807) is 0 Å². The van der Waals surface area contributed by atoms with Gasteiger partial charge in [-0.25, -0.2) is 22.9 Å². The fourth-order valence-corrected chi connectivity index (χ4v) is 5.61. The summed E-state index contributed by atoms with van der Waals surface area (Å²) in [6.07, 6.45) is 5.03. The van der Waals surface area contributed by atoms with E-state index in [2.05, 4.69) is 15.4 Å². The van der Waals surface area contributed by atoms with E-state index in [1.807, 2.05) is 19.0 Å². The van der Waals surface area contributed by atoms with Crippen LogP contribution >= 0.6 is 0 Å². The van der Waals surface area contributed by atoms with E-state index < -0.39 is 15.9 Å². The average molecular weight is 465 g/mol. The maximum Gasteiger partial charge on any atom is 0.331 e. The standard InChI is InChI=1S/C21H29FN6O3S/c1-28(2)12-10-25-20(31-11-12)17(9-23)32(24,30)27-21(29)26-19-15-7-3-5-13(15)18(22)14-6-4-8-16(14)19/h9,12,23,25H,3-8,10-11H2,1-2H3,(H3,24,26,27,29,30)/b20-17-,23-9?. The van der Waals surface area contributed by atoms with Crippen LogP contribution in [0.5, 0.6) is 0 Å². The van der Waals surface area contributed by atoms with Gasteiger partial charge < -0.3 is 25.7 Å². The number of benzene rings is 1. The second-order valence-corrected chi connectivity index (χ2v) is 10.3. The van der Waals surface area contributed by atoms with Gasteiger partial charge in [0.05, 0.1) is 6.04 Å². The van der Waals surface area contributed by atoms with Crippen molar-refractivity contribution in [1.29, 1.82) is 10.2 Å². The van der Waals surface area contributed by atoms with Crippen LogP contribution in [0.25, 0.3) is 0 Å². The van der Waals surface area contributed by atoms with Crippen molar-refractivity contribution < 1.29 is 18.1 Å². The van der Waals surface area contributed by atoms with Gasteiger partial charge in [0.25, 0.3) is 0 Å². The van der Waals surface area contributed by atoms with Crippen molar-refractivity contribution in [3.05, 3.63) is 38.9 Å². The van der Waals surface area contributed by atoms with Gasteiger partial charge in [-0.1, -0.05) is 0 Å². The number of rotatable bonds is 5. The lowest BCUT2D eigenvalue weighted by atomic mass is 9.98. The average Bonchev–Trinajstić information content (AvgIpc) is 3.41. The summed E-state index contributed by atoms with van der Waals surface area (Å²) in [6.45, 7) is 0.803. The van der Waals surface area contributed by atoms with Gasteiger partial charge >= 0.3 is 6.03 Å². The number of allylic oxidation sites excluding steroid dienone is 1. The minimum atomic E-state index is -3.87. The molecule has 0 saturated carbocycles. The summed E-state index contributed by atoms with van der Waals surface area (Å²) < 4.78 is 43.9. The molecule has 1 heterocycles. The number of nitrogens with zero attached hydrogens (tertiary/aromatic N) is 1. The summed E-state index contributed by atoms with van der Waals surface area (Å²) >= 11 is 0. The molecule has 0 aromatic heterocycles. The van der Waals surface area contributed by atoms with Crippen LogP contribution in [0.4, 0.5) is 14.9 Å². The van der Waals surface area contributed by atoms with Crippen LogP contribution in [0.3, 0.4) is 0 Å². The van der Waals surface area contributed by atoms with Gasteiger partial charge in [0.15, 0.2) is 9.92 Å². The molecule has 5 N–H and O–H groups in total. The Morgan fingerprint density at radius 1 is 1.19 bits per heavy atom. The third-order valence-electron chi connectivity index (χ3n) is 6.36. The SMILES string of the molecule is CN(C)C1CN/C(=C(\C=N)S(=N)(=O)NC(=O)Nc2c3c(c(F)c4c2CCC4)CCC3)OC1. The van der Waals surface area contributed by atoms with Gasteiger partial charge in [-0.15, -0.1) is 0 Å². The van der Waals surface area contributed by atoms with Gasteiger partial charge in [0, 0.05) is 18.4 Å². The highest BCUT2D eigenvalue weighted by Crippen LogP contribution is 2.40. The van der Waals surface area contributed by atoms with Crippen molar-refractivity contribution in [2.24, 2.45) is 0 Å². The molecule has 1 aliphatic heterocycles. The smallest absolute Gasteiger partial charge is 0.331 e. The van der Waals surface area contributed by atoms with Gasteiger partial charge in [0.1, 0.15) is 17.3 Å². The highest BCUT2D eigenvalue weighted by Gasteiger charge is 2.31. The Morgan fingerprint density at radius 2 is 1.78 bits per heavy atom. The van der Waals surface area contributed by atoms with Crippen LogP contribution in [0.15, 0.2) is 10.8 Å². The number of nitrogens with one attached hydrogen (secondary N) is 5. The lowest BCUT2D eigenvalue weighted by Gasteiger charge is -2.31. The highest BCUT2D eigenvalue weighted by atomic mass is 32.2. The summed E-state index contributed by atoms with van der Waals surface area (Å²) in [4.78, 5) is 14.5. The topological polar surface area (TPSA) is 130 Å². The predicted molar refractivity (Wildman–Crippen MR) is 121 cm³/mol. The zero-order valence-corrected chi connectivity index (χ0v) is 19.1. The summed E-state index contributed by atoms with van der Waals surface area (Å²) in [7, 11) is -0.0518. The molecule has 9 nitrogen and oxygen atoms in total. The summed E-state index contributed by atoms with van der Waals surface area (Å²) in [5, 5.41) is 13.4. The van der Waals surface area contributed by atoms with Crippen LogP contribution in [-0.2, 0) is 40.3 Å². The third kappa shape index (κ3) is 4.06. The first-order valence-electron chi connectivity index (χ1n) is 10.7. The van der Waals surface area contributed by atoms with Crippen LogP contribution < -0.4 is 15.4 Å². The molecule has 1 fully saturated rings. The molecular weight excluding hydrogens is 435 g/mol. The number of carbonyl (C=O) groups excluding carboxylic acids is 1. The fraction of sp³-hybridized carbons (Fsp3) is 0.524. The maximum absolute atomic E-state index is 14.8. The van der Waals surface area contributed by atoms with Crippen LogP contribution in [-0.4, -0.2) is 54.6 Å². The van der Waals surface area contributed by atoms with Crippen molar-refractivity contribution >= 4 is 27.8 Å². The monoisotopic (exact) mass is 464 g/mol. The zero-order chi connectivity index (χ0) is 23.0. The Balaban J connectivity index is 1.55. The summed E-state index contributed by atoms with van der Waals surface area (Å²) in [5.41, 5.74) is 3.50. The minimum absolute atomic E-state index is 0.0574. The summed E-state index contributed by atoms with van der Waals surface area (Å²) in [6, 6.07) is -0.729. The Bertz CT molecular complexity index is 1050. The molecular formula is C21H29FN6O3S. The number of hydrogen-bond donors (Lipinski definition) is 5. The van der Waals surface area contributed by atoms with Gasteiger partial charge in [0.2, 0.25) is 5.88 Å². The van der Waals surface area contributed by atoms with E-state index in [9.17, 15) is 13.4 Å². The van der Waals surface area contributed by atoms with Crippen LogP contribution in [0.1, 0.15) is 35.1 Å². The first kappa shape index (κ1) is 22.5. The molecule has 2 unspecified atom stereocenters. The summed E-state index contributed by atoms with van der Waals surface area (Å²) in [5.74, 6) is -0.0883. The lowest BCUT2D eigenvalue weighted by Crippen LogP contribution is -2.47. The maximum atomic E-state index is 14.8. The van der Waals surface area contributed by atoms with Crippen molar-refractivity contribution in [2.75, 3.05) is 32.6 Å². The third-order valence-corrected chi connectivity index (χ3v) is 7.75. The number of fused-ring (bicyclic) bond motifs is 2. The first-order chi connectivity index (χ1) is 15.2. The predicted octanol–water partition coefficient (Wildman–Crippen LogP) is 2.26. The normalized spacial score (nSPS) is 22.8. The van der Waals surface area contributed by atoms with E-state index in [4.69, 9.17) is 14.9 Å². The Hall–Kier alpha value is -2.66. The number of ether oxygens (including phenoxy) is 1. The lowest BCUT2D eigenvalue weighted by molar-refractivity contribution is 0.0828. The van der Waals surface area contributed by atoms with Crippen LogP contribution in [0.2, 0.25) is 0 Å². The van der Waals surface area contributed by atoms with Gasteiger partial charge in [-0.3, -0.25) is 0 Å². The van der Waals surface area contributed by atoms with E-state index in [-0.39, 0.29) is 22.6 Å². The highest BCUT2D eigenvalue weighted by molar-refractivity contribution is 7.95. The molecule has 174 valence electrons. The molecule has 1 aromatic carbocycles. The van der Waals surface area contributed by atoms with Gasteiger partial charge in [-0.05, 0) is 74.9 Å². The van der Waals surface area contributed by atoms with Crippen molar-refractivity contribution in [3.63, 3.8) is 0 Å². The second-order valence-electron chi connectivity index (χ2n) is 8.57. The molecule has 2 amide bonds. The molecule has 2 atom stereocenters. The van der Waals surface area contributed by atoms with Crippen molar-refractivity contribution in [3.8, 4) is 0 Å². The molecule has 4 rings (SSSR count). The Kier molecular flexibility index (Phi) is 6.13. The molecule has 11 heteroatoms. The molecule has 1 saturated heterocycles. The number of anilines is 1. The van der Waals surface area contributed by atoms with Crippen LogP contribution in [0, 0.1) is 16.0 Å². The quantitative estimate of drug-likeness (QED) is 0.427. The van der Waals surface area contributed by atoms with E-state index >= 15 is 0 Å². The molecule has 2 aliphatic carbocycles. The Morgan fingerprint density at radius 3 is 2.28 bits per heavy atom. The molecule has 3 aliphatic rings. The number of likely N-dealkylation sites (N-methyl/N-ethyl adjacent to an activating group) is 1. The second kappa shape index (κ2) is 8.70. The van der Waals surface area contributed by atoms with E-state index in [0.717, 1.165) is 30.2 Å². The number of urea groups is 1. The molecule has 32 heavy (non-hydrogen) atoms. The van der Waals surface area contributed by atoms with Crippen molar-refractivity contribution in [2.45, 2.75) is 44.6 Å². The van der Waals surface area contributed by atoms with E-state index in [1.165, 1.54) is 0 Å². The molecule has 0 bridgehead atoms. The van der Waals surface area contributed by atoms with Crippen molar-refractivity contribution in [1.82, 2.24) is 14.9 Å². The molecule has 0 radical (unpaired) electrons. The zero-order valence-electron chi connectivity index (χ0n) is 18.3. The largest absolute Gasteiger partial charge is 0.476 e. The first-order valence-corrected chi connectivity index (χ1v) is 12.3. The number of halogens is 1. The van der Waals surface area contributed by atoms with Gasteiger partial charge in [-0.2, -0.15) is 0 Å². The number of amides is 2. The number of hydrogen-bond acceptors (Lipinski definition) is 7. The molecule has 0 spiro atoms.